The molecule has 0 aliphatic heterocycles. The van der Waals surface area contributed by atoms with Crippen LogP contribution in [0.25, 0.3) is 0 Å². The molecule has 0 aromatic carbocycles. The van der Waals surface area contributed by atoms with E-state index in [0.29, 0.717) is 5.56 Å². The minimum atomic E-state index is -1.03. The van der Waals surface area contributed by atoms with Gasteiger partial charge in [-0.05, 0) is 24.5 Å². The van der Waals surface area contributed by atoms with Crippen LogP contribution in [0.5, 0.6) is 0 Å². The summed E-state index contributed by atoms with van der Waals surface area (Å²) in [6, 6.07) is 0.782. The maximum Gasteiger partial charge on any atom is 0.326 e. The van der Waals surface area contributed by atoms with Gasteiger partial charge in [0, 0.05) is 12.4 Å². The van der Waals surface area contributed by atoms with Crippen molar-refractivity contribution >= 4 is 11.9 Å². The number of aryl methyl sites for hydroxylation is 1. The number of carboxylic acids is 1. The van der Waals surface area contributed by atoms with Crippen LogP contribution in [-0.2, 0) is 4.79 Å². The van der Waals surface area contributed by atoms with Crippen LogP contribution in [0, 0.1) is 12.8 Å². The van der Waals surface area contributed by atoms with Crippen LogP contribution in [0.4, 0.5) is 0 Å². The Morgan fingerprint density at radius 1 is 1.35 bits per heavy atom. The van der Waals surface area contributed by atoms with Gasteiger partial charge in [0.15, 0.2) is 0 Å². The SMILES string of the molecule is Cc1cncc(C(=O)N[C@H](C(=O)O)C(C)C)c1. The number of pyridine rings is 1. The minimum absolute atomic E-state index is 0.172. The molecular weight excluding hydrogens is 220 g/mol. The van der Waals surface area contributed by atoms with Gasteiger partial charge in [0.25, 0.3) is 5.91 Å². The molecule has 0 fully saturated rings. The Labute approximate surface area is 99.9 Å². The van der Waals surface area contributed by atoms with E-state index in [2.05, 4.69) is 10.3 Å². The zero-order valence-corrected chi connectivity index (χ0v) is 10.1. The van der Waals surface area contributed by atoms with Gasteiger partial charge < -0.3 is 10.4 Å². The van der Waals surface area contributed by atoms with Crippen molar-refractivity contribution in [3.8, 4) is 0 Å². The fourth-order valence-electron chi connectivity index (χ4n) is 1.42. The van der Waals surface area contributed by atoms with Crippen LogP contribution in [0.1, 0.15) is 29.8 Å². The summed E-state index contributed by atoms with van der Waals surface area (Å²) in [5.41, 5.74) is 1.23. The molecule has 92 valence electrons. The van der Waals surface area contributed by atoms with Gasteiger partial charge in [-0.25, -0.2) is 4.79 Å². The standard InChI is InChI=1S/C12H16N2O3/c1-7(2)10(12(16)17)14-11(15)9-4-8(3)5-13-6-9/h4-7,10H,1-3H3,(H,14,15)(H,16,17)/t10-/m0/s1. The highest BCUT2D eigenvalue weighted by Crippen LogP contribution is 2.05. The summed E-state index contributed by atoms with van der Waals surface area (Å²) >= 11 is 0. The third-order valence-electron chi connectivity index (χ3n) is 2.36. The highest BCUT2D eigenvalue weighted by Gasteiger charge is 2.23. The van der Waals surface area contributed by atoms with Crippen molar-refractivity contribution in [2.45, 2.75) is 26.8 Å². The summed E-state index contributed by atoms with van der Waals surface area (Å²) in [6.45, 7) is 5.31. The number of carboxylic acid groups (broad SMARTS) is 1. The molecule has 1 amide bonds. The lowest BCUT2D eigenvalue weighted by molar-refractivity contribution is -0.140. The molecule has 0 radical (unpaired) electrons. The van der Waals surface area contributed by atoms with Gasteiger partial charge in [0.1, 0.15) is 6.04 Å². The summed E-state index contributed by atoms with van der Waals surface area (Å²) in [4.78, 5) is 26.6. The van der Waals surface area contributed by atoms with Crippen molar-refractivity contribution in [3.63, 3.8) is 0 Å². The summed E-state index contributed by atoms with van der Waals surface area (Å²) in [7, 11) is 0. The third-order valence-corrected chi connectivity index (χ3v) is 2.36. The minimum Gasteiger partial charge on any atom is -0.480 e. The first-order chi connectivity index (χ1) is 7.91. The smallest absolute Gasteiger partial charge is 0.326 e. The van der Waals surface area contributed by atoms with Gasteiger partial charge >= 0.3 is 5.97 Å². The summed E-state index contributed by atoms with van der Waals surface area (Å²) < 4.78 is 0. The Kier molecular flexibility index (Phi) is 4.20. The number of amides is 1. The quantitative estimate of drug-likeness (QED) is 0.824. The number of hydrogen-bond donors (Lipinski definition) is 2. The number of hydrogen-bond acceptors (Lipinski definition) is 3. The van der Waals surface area contributed by atoms with Gasteiger partial charge in [-0.15, -0.1) is 0 Å². The van der Waals surface area contributed by atoms with Crippen molar-refractivity contribution in [1.82, 2.24) is 10.3 Å². The average molecular weight is 236 g/mol. The van der Waals surface area contributed by atoms with E-state index >= 15 is 0 Å². The molecule has 1 rings (SSSR count). The highest BCUT2D eigenvalue weighted by molar-refractivity contribution is 5.96. The van der Waals surface area contributed by atoms with Crippen LogP contribution in [0.15, 0.2) is 18.5 Å². The molecule has 1 heterocycles. The summed E-state index contributed by atoms with van der Waals surface area (Å²) in [5, 5.41) is 11.4. The Hall–Kier alpha value is -1.91. The second-order valence-electron chi connectivity index (χ2n) is 4.28. The fraction of sp³-hybridized carbons (Fsp3) is 0.417. The number of carbonyl (C=O) groups is 2. The zero-order valence-electron chi connectivity index (χ0n) is 10.1. The Morgan fingerprint density at radius 2 is 2.00 bits per heavy atom. The molecule has 1 atom stereocenters. The van der Waals surface area contributed by atoms with Crippen molar-refractivity contribution in [3.05, 3.63) is 29.6 Å². The van der Waals surface area contributed by atoms with Gasteiger partial charge in [-0.2, -0.15) is 0 Å². The second-order valence-corrected chi connectivity index (χ2v) is 4.28. The first kappa shape index (κ1) is 13.2. The van der Waals surface area contributed by atoms with Crippen LogP contribution < -0.4 is 5.32 Å². The molecule has 0 bridgehead atoms. The van der Waals surface area contributed by atoms with Crippen molar-refractivity contribution in [1.29, 1.82) is 0 Å². The van der Waals surface area contributed by atoms with E-state index in [-0.39, 0.29) is 5.92 Å². The number of nitrogens with zero attached hydrogens (tertiary/aromatic N) is 1. The highest BCUT2D eigenvalue weighted by atomic mass is 16.4. The van der Waals surface area contributed by atoms with E-state index in [4.69, 9.17) is 5.11 Å². The molecular formula is C12H16N2O3. The largest absolute Gasteiger partial charge is 0.480 e. The first-order valence-electron chi connectivity index (χ1n) is 5.37. The summed E-state index contributed by atoms with van der Waals surface area (Å²) in [5.74, 6) is -1.62. The zero-order chi connectivity index (χ0) is 13.0. The molecule has 0 saturated carbocycles. The third kappa shape index (κ3) is 3.55. The topological polar surface area (TPSA) is 79.3 Å². The van der Waals surface area contributed by atoms with E-state index in [1.807, 2.05) is 6.92 Å². The van der Waals surface area contributed by atoms with E-state index in [9.17, 15) is 9.59 Å². The predicted molar refractivity (Wildman–Crippen MR) is 62.7 cm³/mol. The van der Waals surface area contributed by atoms with Gasteiger partial charge in [0.05, 0.1) is 5.56 Å². The number of aliphatic carboxylic acids is 1. The number of carbonyl (C=O) groups excluding carboxylic acids is 1. The Bertz CT molecular complexity index is 430. The van der Waals surface area contributed by atoms with Crippen LogP contribution in [0.3, 0.4) is 0 Å². The molecule has 17 heavy (non-hydrogen) atoms. The number of rotatable bonds is 4. The number of nitrogens with one attached hydrogen (secondary N) is 1. The molecule has 5 heteroatoms. The second kappa shape index (κ2) is 5.43. The average Bonchev–Trinajstić information content (AvgIpc) is 2.24. The molecule has 1 aromatic rings. The lowest BCUT2D eigenvalue weighted by Crippen LogP contribution is -2.44. The van der Waals surface area contributed by atoms with Crippen LogP contribution >= 0.6 is 0 Å². The van der Waals surface area contributed by atoms with Crippen molar-refractivity contribution < 1.29 is 14.7 Å². The summed E-state index contributed by atoms with van der Waals surface area (Å²) in [6.07, 6.45) is 3.05. The molecule has 1 aromatic heterocycles. The molecule has 0 spiro atoms. The monoisotopic (exact) mass is 236 g/mol. The van der Waals surface area contributed by atoms with Gasteiger partial charge in [-0.1, -0.05) is 13.8 Å². The van der Waals surface area contributed by atoms with E-state index in [0.717, 1.165) is 5.56 Å². The molecule has 0 saturated heterocycles. The molecule has 0 aliphatic rings. The molecule has 0 unspecified atom stereocenters. The van der Waals surface area contributed by atoms with E-state index in [1.54, 1.807) is 26.1 Å². The molecule has 0 aliphatic carbocycles. The maximum absolute atomic E-state index is 11.8. The molecule has 2 N–H and O–H groups in total. The lowest BCUT2D eigenvalue weighted by Gasteiger charge is -2.17. The van der Waals surface area contributed by atoms with Crippen LogP contribution in [0.2, 0.25) is 0 Å². The van der Waals surface area contributed by atoms with Gasteiger partial charge in [0.2, 0.25) is 0 Å². The first-order valence-corrected chi connectivity index (χ1v) is 5.37. The number of aromatic nitrogens is 1. The molecule has 5 nitrogen and oxygen atoms in total. The van der Waals surface area contributed by atoms with Crippen molar-refractivity contribution in [2.75, 3.05) is 0 Å². The Morgan fingerprint density at radius 3 is 2.47 bits per heavy atom. The van der Waals surface area contributed by atoms with Crippen LogP contribution in [-0.4, -0.2) is 28.0 Å². The van der Waals surface area contributed by atoms with Gasteiger partial charge in [-0.3, -0.25) is 9.78 Å². The Balaban J connectivity index is 2.81. The maximum atomic E-state index is 11.8. The predicted octanol–water partition coefficient (Wildman–Crippen LogP) is 1.23. The fourth-order valence-corrected chi connectivity index (χ4v) is 1.42. The van der Waals surface area contributed by atoms with E-state index in [1.165, 1.54) is 6.20 Å². The van der Waals surface area contributed by atoms with E-state index < -0.39 is 17.9 Å². The van der Waals surface area contributed by atoms with Crippen molar-refractivity contribution in [2.24, 2.45) is 5.92 Å². The lowest BCUT2D eigenvalue weighted by atomic mass is 10.0. The normalized spacial score (nSPS) is 12.2.